The molecule has 0 bridgehead atoms. The number of carboxylic acid groups (broad SMARTS) is 1. The van der Waals surface area contributed by atoms with E-state index in [-0.39, 0.29) is 11.7 Å². The second kappa shape index (κ2) is 6.63. The Morgan fingerprint density at radius 2 is 1.88 bits per heavy atom. The van der Waals surface area contributed by atoms with E-state index < -0.39 is 11.6 Å². The van der Waals surface area contributed by atoms with Crippen LogP contribution >= 0.6 is 0 Å². The van der Waals surface area contributed by atoms with Gasteiger partial charge in [0, 0.05) is 18.8 Å². The molecule has 1 aliphatic heterocycles. The number of hydrogen-bond donors (Lipinski definition) is 1. The second-order valence-corrected chi connectivity index (χ2v) is 7.78. The maximum atomic E-state index is 12.2. The van der Waals surface area contributed by atoms with E-state index in [4.69, 9.17) is 4.74 Å². The van der Waals surface area contributed by atoms with Gasteiger partial charge in [0.1, 0.15) is 11.2 Å². The smallest absolute Gasteiger partial charge is 0.410 e. The third-order valence-corrected chi connectivity index (χ3v) is 4.78. The van der Waals surface area contributed by atoms with E-state index in [1.165, 1.54) is 6.20 Å². The van der Waals surface area contributed by atoms with Crippen LogP contribution in [0.1, 0.15) is 61.1 Å². The van der Waals surface area contributed by atoms with Crippen molar-refractivity contribution in [3.63, 3.8) is 0 Å². The average molecular weight is 359 g/mol. The van der Waals surface area contributed by atoms with Crippen molar-refractivity contribution in [3.8, 4) is 0 Å². The summed E-state index contributed by atoms with van der Waals surface area (Å²) >= 11 is 0. The highest BCUT2D eigenvalue weighted by atomic mass is 16.6. The van der Waals surface area contributed by atoms with E-state index >= 15 is 0 Å². The largest absolute Gasteiger partial charge is 0.478 e. The number of pyridine rings is 1. The highest BCUT2D eigenvalue weighted by Gasteiger charge is 2.28. The van der Waals surface area contributed by atoms with Crippen molar-refractivity contribution in [3.05, 3.63) is 35.2 Å². The molecule has 0 aromatic carbocycles. The number of nitrogens with zero attached hydrogens (tertiary/aromatic N) is 3. The zero-order chi connectivity index (χ0) is 19.1. The molecule has 0 radical (unpaired) electrons. The minimum Gasteiger partial charge on any atom is -0.478 e. The molecule has 3 heterocycles. The van der Waals surface area contributed by atoms with Gasteiger partial charge in [-0.15, -0.1) is 0 Å². The molecule has 0 spiro atoms. The number of hydrogen-bond acceptors (Lipinski definition) is 4. The fourth-order valence-corrected chi connectivity index (χ4v) is 3.49. The van der Waals surface area contributed by atoms with Crippen LogP contribution in [0.3, 0.4) is 0 Å². The van der Waals surface area contributed by atoms with Gasteiger partial charge in [0.05, 0.1) is 11.7 Å². The lowest BCUT2D eigenvalue weighted by molar-refractivity contribution is 0.0204. The van der Waals surface area contributed by atoms with E-state index in [0.717, 1.165) is 24.1 Å². The number of aromatic nitrogens is 2. The van der Waals surface area contributed by atoms with Crippen molar-refractivity contribution < 1.29 is 19.4 Å². The predicted octanol–water partition coefficient (Wildman–Crippen LogP) is 3.46. The Balaban J connectivity index is 1.75. The highest BCUT2D eigenvalue weighted by Crippen LogP contribution is 2.31. The van der Waals surface area contributed by atoms with Gasteiger partial charge in [-0.05, 0) is 58.1 Å². The molecule has 2 aromatic heterocycles. The van der Waals surface area contributed by atoms with Gasteiger partial charge < -0.3 is 14.7 Å². The molecular formula is C19H25N3O4. The van der Waals surface area contributed by atoms with Crippen molar-refractivity contribution in [2.75, 3.05) is 13.1 Å². The van der Waals surface area contributed by atoms with Gasteiger partial charge in [0.25, 0.3) is 0 Å². The fourth-order valence-electron chi connectivity index (χ4n) is 3.49. The summed E-state index contributed by atoms with van der Waals surface area (Å²) in [6.07, 6.45) is 2.82. The SMILES string of the molecule is Cc1c(C2CCN(C(=O)OC(C)(C)C)CC2)ccc2c(C(=O)O)cnn12. The molecule has 2 aromatic rings. The van der Waals surface area contributed by atoms with Crippen molar-refractivity contribution in [1.82, 2.24) is 14.5 Å². The van der Waals surface area contributed by atoms with E-state index in [0.29, 0.717) is 24.5 Å². The minimum atomic E-state index is -0.974. The Labute approximate surface area is 152 Å². The Morgan fingerprint density at radius 1 is 1.23 bits per heavy atom. The molecule has 1 N–H and O–H groups in total. The van der Waals surface area contributed by atoms with Crippen molar-refractivity contribution in [1.29, 1.82) is 0 Å². The molecule has 3 rings (SSSR count). The Bertz CT molecular complexity index is 842. The molecule has 1 saturated heterocycles. The summed E-state index contributed by atoms with van der Waals surface area (Å²) in [7, 11) is 0. The number of likely N-dealkylation sites (tertiary alicyclic amines) is 1. The summed E-state index contributed by atoms with van der Waals surface area (Å²) < 4.78 is 7.14. The molecule has 7 nitrogen and oxygen atoms in total. The first-order valence-electron chi connectivity index (χ1n) is 8.86. The average Bonchev–Trinajstić information content (AvgIpc) is 2.99. The summed E-state index contributed by atoms with van der Waals surface area (Å²) in [6, 6.07) is 3.81. The van der Waals surface area contributed by atoms with Gasteiger partial charge in [-0.3, -0.25) is 0 Å². The van der Waals surface area contributed by atoms with Crippen LogP contribution < -0.4 is 0 Å². The quantitative estimate of drug-likeness (QED) is 0.888. The summed E-state index contributed by atoms with van der Waals surface area (Å²) in [4.78, 5) is 25.2. The molecule has 1 fully saturated rings. The van der Waals surface area contributed by atoms with Crippen LogP contribution in [-0.2, 0) is 4.74 Å². The predicted molar refractivity (Wildman–Crippen MR) is 96.7 cm³/mol. The van der Waals surface area contributed by atoms with E-state index in [1.807, 2.05) is 39.8 Å². The van der Waals surface area contributed by atoms with Gasteiger partial charge in [-0.2, -0.15) is 5.10 Å². The molecule has 0 aliphatic carbocycles. The first-order chi connectivity index (χ1) is 12.2. The second-order valence-electron chi connectivity index (χ2n) is 7.78. The summed E-state index contributed by atoms with van der Waals surface area (Å²) in [5, 5.41) is 13.5. The lowest BCUT2D eigenvalue weighted by Gasteiger charge is -2.34. The molecule has 26 heavy (non-hydrogen) atoms. The molecule has 0 unspecified atom stereocenters. The van der Waals surface area contributed by atoms with Gasteiger partial charge >= 0.3 is 12.1 Å². The van der Waals surface area contributed by atoms with Gasteiger partial charge in [0.15, 0.2) is 0 Å². The fraction of sp³-hybridized carbons (Fsp3) is 0.526. The number of aryl methyl sites for hydroxylation is 1. The summed E-state index contributed by atoms with van der Waals surface area (Å²) in [5.41, 5.74) is 2.42. The first kappa shape index (κ1) is 18.2. The molecular weight excluding hydrogens is 334 g/mol. The minimum absolute atomic E-state index is 0.208. The molecule has 1 amide bonds. The number of carboxylic acids is 1. The van der Waals surface area contributed by atoms with E-state index in [2.05, 4.69) is 5.10 Å². The number of fused-ring (bicyclic) bond motifs is 1. The third kappa shape index (κ3) is 3.52. The van der Waals surface area contributed by atoms with Crippen LogP contribution in [0.2, 0.25) is 0 Å². The molecule has 0 atom stereocenters. The Morgan fingerprint density at radius 3 is 2.46 bits per heavy atom. The third-order valence-electron chi connectivity index (χ3n) is 4.78. The van der Waals surface area contributed by atoms with Crippen LogP contribution in [-0.4, -0.2) is 50.4 Å². The van der Waals surface area contributed by atoms with Crippen LogP contribution in [0, 0.1) is 6.92 Å². The number of amides is 1. The zero-order valence-electron chi connectivity index (χ0n) is 15.7. The number of aromatic carboxylic acids is 1. The van der Waals surface area contributed by atoms with Crippen LogP contribution in [0.15, 0.2) is 18.3 Å². The summed E-state index contributed by atoms with van der Waals surface area (Å²) in [6.45, 7) is 8.86. The Kier molecular flexibility index (Phi) is 4.64. The topological polar surface area (TPSA) is 84.1 Å². The lowest BCUT2D eigenvalue weighted by Crippen LogP contribution is -2.41. The number of ether oxygens (including phenoxy) is 1. The number of rotatable bonds is 2. The maximum Gasteiger partial charge on any atom is 0.410 e. The van der Waals surface area contributed by atoms with Crippen LogP contribution in [0.4, 0.5) is 4.79 Å². The molecule has 7 heteroatoms. The molecule has 0 saturated carbocycles. The lowest BCUT2D eigenvalue weighted by atomic mass is 9.88. The highest BCUT2D eigenvalue weighted by molar-refractivity contribution is 5.95. The van der Waals surface area contributed by atoms with Crippen LogP contribution in [0.25, 0.3) is 5.52 Å². The Hall–Kier alpha value is -2.57. The van der Waals surface area contributed by atoms with Gasteiger partial charge in [-0.1, -0.05) is 6.07 Å². The summed E-state index contributed by atoms with van der Waals surface area (Å²) in [5.74, 6) is -0.659. The van der Waals surface area contributed by atoms with E-state index in [9.17, 15) is 14.7 Å². The van der Waals surface area contributed by atoms with Gasteiger partial charge in [0.2, 0.25) is 0 Å². The monoisotopic (exact) mass is 359 g/mol. The molecule has 140 valence electrons. The number of carbonyl (C=O) groups excluding carboxylic acids is 1. The number of piperidine rings is 1. The normalized spacial score (nSPS) is 16.1. The molecule has 1 aliphatic rings. The van der Waals surface area contributed by atoms with Crippen molar-refractivity contribution in [2.45, 2.75) is 52.1 Å². The zero-order valence-corrected chi connectivity index (χ0v) is 15.7. The maximum absolute atomic E-state index is 12.2. The standard InChI is InChI=1S/C19H25N3O4/c1-12-14(5-6-16-15(17(23)24)11-20-22(12)16)13-7-9-21(10-8-13)18(25)26-19(2,3)4/h5-6,11,13H,7-10H2,1-4H3,(H,23,24). The number of carbonyl (C=O) groups is 2. The van der Waals surface area contributed by atoms with Crippen LogP contribution in [0.5, 0.6) is 0 Å². The van der Waals surface area contributed by atoms with Gasteiger partial charge in [-0.25, -0.2) is 14.1 Å². The first-order valence-corrected chi connectivity index (χ1v) is 8.86. The van der Waals surface area contributed by atoms with Crippen molar-refractivity contribution in [2.24, 2.45) is 0 Å². The van der Waals surface area contributed by atoms with E-state index in [1.54, 1.807) is 9.42 Å². The van der Waals surface area contributed by atoms with Crippen molar-refractivity contribution >= 4 is 17.6 Å².